The van der Waals surface area contributed by atoms with Crippen molar-refractivity contribution in [3.8, 4) is 0 Å². The summed E-state index contributed by atoms with van der Waals surface area (Å²) >= 11 is 0. The van der Waals surface area contributed by atoms with Crippen LogP contribution in [0.25, 0.3) is 5.57 Å². The third-order valence-corrected chi connectivity index (χ3v) is 7.59. The molecular weight excluding hydrogens is 456 g/mol. The lowest BCUT2D eigenvalue weighted by Gasteiger charge is -2.32. The summed E-state index contributed by atoms with van der Waals surface area (Å²) in [7, 11) is 1.99. The molecule has 0 aromatic heterocycles. The smallest absolute Gasteiger partial charge is 0.407 e. The van der Waals surface area contributed by atoms with Crippen LogP contribution in [-0.4, -0.2) is 95.9 Å². The lowest BCUT2D eigenvalue weighted by molar-refractivity contribution is 0.0521. The molecule has 3 heterocycles. The van der Waals surface area contributed by atoms with Crippen LogP contribution in [0.15, 0.2) is 48.5 Å². The van der Waals surface area contributed by atoms with Crippen LogP contribution in [0.2, 0.25) is 0 Å². The molecule has 2 amide bonds. The van der Waals surface area contributed by atoms with Crippen LogP contribution >= 0.6 is 0 Å². The molecule has 2 N–H and O–H groups in total. The second-order valence-corrected chi connectivity index (χ2v) is 10.0. The van der Waals surface area contributed by atoms with Crippen molar-refractivity contribution in [3.05, 3.63) is 70.8 Å². The number of nitrogens with zero attached hydrogens (tertiary/aromatic N) is 4. The SMILES string of the molecule is CN1CCN(CC(O)CN2CCc3ccccc3C2)C(=O)c2ccc(C3=CCN(C(=O)O)CC3)cc21. The van der Waals surface area contributed by atoms with E-state index in [1.807, 2.05) is 31.3 Å². The van der Waals surface area contributed by atoms with Gasteiger partial charge in [0.15, 0.2) is 0 Å². The van der Waals surface area contributed by atoms with E-state index in [9.17, 15) is 19.8 Å². The molecule has 1 unspecified atom stereocenters. The minimum Gasteiger partial charge on any atom is -0.465 e. The molecule has 5 rings (SSSR count). The molecule has 1 atom stereocenters. The Labute approximate surface area is 212 Å². The molecule has 0 spiro atoms. The van der Waals surface area contributed by atoms with Gasteiger partial charge in [0, 0.05) is 65.1 Å². The predicted octanol–water partition coefficient (Wildman–Crippen LogP) is 2.76. The molecule has 36 heavy (non-hydrogen) atoms. The summed E-state index contributed by atoms with van der Waals surface area (Å²) < 4.78 is 0. The van der Waals surface area contributed by atoms with E-state index < -0.39 is 12.2 Å². The van der Waals surface area contributed by atoms with Crippen LogP contribution in [0, 0.1) is 0 Å². The van der Waals surface area contributed by atoms with Crippen molar-refractivity contribution < 1.29 is 19.8 Å². The standard InChI is InChI=1S/C28H34N4O4/c1-29-14-15-32(19-24(33)18-30-11-8-20-4-2-3-5-23(20)17-30)27(34)25-7-6-22(16-26(25)29)21-9-12-31(13-10-21)28(35)36/h2-7,9,16,24,33H,8,10-15,17-19H2,1H3,(H,35,36). The van der Waals surface area contributed by atoms with E-state index in [1.165, 1.54) is 16.0 Å². The largest absolute Gasteiger partial charge is 0.465 e. The average molecular weight is 491 g/mol. The molecule has 8 heteroatoms. The van der Waals surface area contributed by atoms with Gasteiger partial charge in [0.2, 0.25) is 0 Å². The number of hydrogen-bond donors (Lipinski definition) is 2. The topological polar surface area (TPSA) is 87.6 Å². The lowest BCUT2D eigenvalue weighted by Crippen LogP contribution is -2.44. The van der Waals surface area contributed by atoms with Crippen LogP contribution in [0.1, 0.15) is 33.5 Å². The van der Waals surface area contributed by atoms with Crippen LogP contribution < -0.4 is 4.90 Å². The number of fused-ring (bicyclic) bond motifs is 2. The van der Waals surface area contributed by atoms with Gasteiger partial charge in [-0.25, -0.2) is 4.79 Å². The molecule has 0 saturated carbocycles. The van der Waals surface area contributed by atoms with Crippen LogP contribution in [0.5, 0.6) is 0 Å². The number of hydrogen-bond acceptors (Lipinski definition) is 5. The molecular formula is C28H34N4O4. The van der Waals surface area contributed by atoms with Gasteiger partial charge >= 0.3 is 6.09 Å². The normalized spacial score (nSPS) is 19.3. The lowest BCUT2D eigenvalue weighted by atomic mass is 9.97. The molecule has 2 aromatic rings. The summed E-state index contributed by atoms with van der Waals surface area (Å²) in [6.07, 6.45) is 2.08. The maximum Gasteiger partial charge on any atom is 0.407 e. The Kier molecular flexibility index (Phi) is 6.98. The zero-order chi connectivity index (χ0) is 25.2. The van der Waals surface area contributed by atoms with Gasteiger partial charge in [-0.2, -0.15) is 0 Å². The van der Waals surface area contributed by atoms with Crippen LogP contribution in [0.4, 0.5) is 10.5 Å². The third kappa shape index (κ3) is 5.10. The van der Waals surface area contributed by atoms with Gasteiger partial charge in [0.1, 0.15) is 0 Å². The minimum absolute atomic E-state index is 0.0568. The molecule has 0 bridgehead atoms. The van der Waals surface area contributed by atoms with Gasteiger partial charge in [-0.1, -0.05) is 36.4 Å². The number of anilines is 1. The molecule has 0 fully saturated rings. The zero-order valence-electron chi connectivity index (χ0n) is 20.8. The maximum atomic E-state index is 13.5. The first-order valence-electron chi connectivity index (χ1n) is 12.7. The molecule has 0 radical (unpaired) electrons. The Morgan fingerprint density at radius 1 is 1.00 bits per heavy atom. The molecule has 8 nitrogen and oxygen atoms in total. The van der Waals surface area contributed by atoms with E-state index in [0.717, 1.165) is 36.3 Å². The molecule has 3 aliphatic rings. The van der Waals surface area contributed by atoms with Crippen molar-refractivity contribution in [2.45, 2.75) is 25.5 Å². The van der Waals surface area contributed by atoms with Gasteiger partial charge in [-0.3, -0.25) is 9.69 Å². The first-order chi connectivity index (χ1) is 17.4. The van der Waals surface area contributed by atoms with E-state index in [-0.39, 0.29) is 5.91 Å². The molecule has 0 saturated heterocycles. The van der Waals surface area contributed by atoms with E-state index >= 15 is 0 Å². The average Bonchev–Trinajstić information content (AvgIpc) is 3.00. The van der Waals surface area contributed by atoms with E-state index in [4.69, 9.17) is 0 Å². The fourth-order valence-corrected chi connectivity index (χ4v) is 5.49. The third-order valence-electron chi connectivity index (χ3n) is 7.59. The second kappa shape index (κ2) is 10.3. The number of carboxylic acid groups (broad SMARTS) is 1. The van der Waals surface area contributed by atoms with Crippen molar-refractivity contribution in [2.24, 2.45) is 0 Å². The number of likely N-dealkylation sites (N-methyl/N-ethyl adjacent to an activating group) is 1. The van der Waals surface area contributed by atoms with E-state index in [1.54, 1.807) is 4.90 Å². The highest BCUT2D eigenvalue weighted by Crippen LogP contribution is 2.31. The number of β-amino-alcohol motifs (C(OH)–C–C–N with tert-alkyl or cyclic N) is 1. The molecule has 3 aliphatic heterocycles. The van der Waals surface area contributed by atoms with Crippen molar-refractivity contribution in [1.82, 2.24) is 14.7 Å². The van der Waals surface area contributed by atoms with Gasteiger partial charge in [-0.05, 0) is 47.2 Å². The van der Waals surface area contributed by atoms with E-state index in [2.05, 4.69) is 34.1 Å². The highest BCUT2D eigenvalue weighted by molar-refractivity contribution is 6.01. The second-order valence-electron chi connectivity index (χ2n) is 10.0. The number of benzene rings is 2. The van der Waals surface area contributed by atoms with Gasteiger partial charge in [-0.15, -0.1) is 0 Å². The van der Waals surface area contributed by atoms with Crippen molar-refractivity contribution in [3.63, 3.8) is 0 Å². The Bertz CT molecular complexity index is 1180. The number of carbonyl (C=O) groups is 2. The minimum atomic E-state index is -0.898. The summed E-state index contributed by atoms with van der Waals surface area (Å²) in [6, 6.07) is 14.3. The molecule has 0 aliphatic carbocycles. The Morgan fingerprint density at radius 2 is 1.81 bits per heavy atom. The summed E-state index contributed by atoms with van der Waals surface area (Å²) in [6.45, 7) is 4.68. The number of aliphatic hydroxyl groups is 1. The monoisotopic (exact) mass is 490 g/mol. The Morgan fingerprint density at radius 3 is 2.56 bits per heavy atom. The first kappa shape index (κ1) is 24.3. The quantitative estimate of drug-likeness (QED) is 0.670. The molecule has 190 valence electrons. The van der Waals surface area contributed by atoms with Gasteiger partial charge in [0.25, 0.3) is 5.91 Å². The summed E-state index contributed by atoms with van der Waals surface area (Å²) in [5.74, 6) is -0.0568. The number of carbonyl (C=O) groups excluding carboxylic acids is 1. The van der Waals surface area contributed by atoms with Crippen molar-refractivity contribution in [2.75, 3.05) is 57.8 Å². The van der Waals surface area contributed by atoms with Gasteiger partial charge < -0.3 is 24.9 Å². The summed E-state index contributed by atoms with van der Waals surface area (Å²) in [5, 5.41) is 20.1. The zero-order valence-corrected chi connectivity index (χ0v) is 20.8. The van der Waals surface area contributed by atoms with Crippen molar-refractivity contribution >= 4 is 23.3 Å². The van der Waals surface area contributed by atoms with Crippen LogP contribution in [-0.2, 0) is 13.0 Å². The Balaban J connectivity index is 1.25. The highest BCUT2D eigenvalue weighted by atomic mass is 16.4. The predicted molar refractivity (Wildman–Crippen MR) is 139 cm³/mol. The number of amides is 2. The van der Waals surface area contributed by atoms with E-state index in [0.29, 0.717) is 51.3 Å². The van der Waals surface area contributed by atoms with Gasteiger partial charge in [0.05, 0.1) is 11.7 Å². The first-order valence-corrected chi connectivity index (χ1v) is 12.7. The maximum absolute atomic E-state index is 13.5. The summed E-state index contributed by atoms with van der Waals surface area (Å²) in [5.41, 5.74) is 6.35. The number of rotatable bonds is 5. The Hall–Kier alpha value is -3.36. The highest BCUT2D eigenvalue weighted by Gasteiger charge is 2.28. The number of aliphatic hydroxyl groups excluding tert-OH is 1. The van der Waals surface area contributed by atoms with Crippen LogP contribution in [0.3, 0.4) is 0 Å². The fourth-order valence-electron chi connectivity index (χ4n) is 5.49. The summed E-state index contributed by atoms with van der Waals surface area (Å²) in [4.78, 5) is 32.2. The molecule has 2 aromatic carbocycles. The fraction of sp³-hybridized carbons (Fsp3) is 0.429. The van der Waals surface area contributed by atoms with Crippen molar-refractivity contribution in [1.29, 1.82) is 0 Å².